The van der Waals surface area contributed by atoms with Crippen LogP contribution in [-0.4, -0.2) is 15.7 Å². The quantitative estimate of drug-likeness (QED) is 0.513. The second-order valence-electron chi connectivity index (χ2n) is 2.55. The fraction of sp³-hybridized carbons (Fsp3) is 0.667. The van der Waals surface area contributed by atoms with Gasteiger partial charge in [0.05, 0.1) is 9.79 Å². The molecule has 3 heteroatoms. The highest BCUT2D eigenvalue weighted by atomic mass is 32.2. The predicted molar refractivity (Wildman–Crippen MR) is 39.8 cm³/mol. The molecule has 0 aromatic carbocycles. The van der Waals surface area contributed by atoms with Crippen molar-refractivity contribution in [2.45, 2.75) is 25.5 Å². The van der Waals surface area contributed by atoms with Crippen LogP contribution in [-0.2, 0) is 4.79 Å². The van der Waals surface area contributed by atoms with Gasteiger partial charge in [-0.2, -0.15) is 0 Å². The van der Waals surface area contributed by atoms with Crippen LogP contribution in [0.25, 0.3) is 0 Å². The van der Waals surface area contributed by atoms with Crippen LogP contribution < -0.4 is 0 Å². The lowest BCUT2D eigenvalue weighted by Crippen LogP contribution is -2.21. The van der Waals surface area contributed by atoms with Gasteiger partial charge in [-0.3, -0.25) is 4.79 Å². The van der Waals surface area contributed by atoms with Crippen molar-refractivity contribution in [2.75, 3.05) is 0 Å². The molecule has 0 fully saturated rings. The first-order valence-electron chi connectivity index (χ1n) is 2.81. The summed E-state index contributed by atoms with van der Waals surface area (Å²) in [4.78, 5) is 14.7. The lowest BCUT2D eigenvalue weighted by atomic mass is 10.2. The van der Waals surface area contributed by atoms with Crippen molar-refractivity contribution in [1.82, 2.24) is 0 Å². The summed E-state index contributed by atoms with van der Waals surface area (Å²) in [6.07, 6.45) is 0. The molecule has 1 aliphatic heterocycles. The predicted octanol–water partition coefficient (Wildman–Crippen LogP) is 1.46. The molecular weight excluding hydrogens is 134 g/mol. The smallest absolute Gasteiger partial charge is 0.262 e. The number of hydrogen-bond acceptors (Lipinski definition) is 2. The van der Waals surface area contributed by atoms with Gasteiger partial charge in [-0.25, -0.2) is 4.99 Å². The van der Waals surface area contributed by atoms with Crippen LogP contribution in [0.1, 0.15) is 20.8 Å². The Labute approximate surface area is 58.7 Å². The van der Waals surface area contributed by atoms with Gasteiger partial charge in [0.2, 0.25) is 0 Å². The van der Waals surface area contributed by atoms with Crippen LogP contribution in [0.4, 0.5) is 0 Å². The normalized spacial score (nSPS) is 24.3. The number of rotatable bonds is 0. The van der Waals surface area contributed by atoms with E-state index in [1.54, 1.807) is 0 Å². The van der Waals surface area contributed by atoms with E-state index >= 15 is 0 Å². The SMILES string of the molecule is CC1=NC(=O)C(C)(C)S1. The second kappa shape index (κ2) is 1.84. The van der Waals surface area contributed by atoms with Gasteiger partial charge in [-0.1, -0.05) is 11.8 Å². The van der Waals surface area contributed by atoms with Crippen LogP contribution in [0.2, 0.25) is 0 Å². The molecule has 0 radical (unpaired) electrons. The molecule has 0 bridgehead atoms. The molecule has 0 aromatic heterocycles. The van der Waals surface area contributed by atoms with Crippen molar-refractivity contribution in [3.63, 3.8) is 0 Å². The molecule has 0 aromatic rings. The molecule has 1 aliphatic rings. The Bertz CT molecular complexity index is 183. The van der Waals surface area contributed by atoms with Crippen LogP contribution in [0.15, 0.2) is 4.99 Å². The van der Waals surface area contributed by atoms with E-state index in [4.69, 9.17) is 0 Å². The van der Waals surface area contributed by atoms with Gasteiger partial charge < -0.3 is 0 Å². The van der Waals surface area contributed by atoms with E-state index < -0.39 is 0 Å². The summed E-state index contributed by atoms with van der Waals surface area (Å²) in [5, 5.41) is 0.880. The number of thioether (sulfide) groups is 1. The Morgan fingerprint density at radius 3 is 2.22 bits per heavy atom. The molecule has 1 heterocycles. The number of hydrogen-bond donors (Lipinski definition) is 0. The third-order valence-corrected chi connectivity index (χ3v) is 2.25. The molecule has 0 atom stereocenters. The van der Waals surface area contributed by atoms with E-state index in [2.05, 4.69) is 4.99 Å². The van der Waals surface area contributed by atoms with Gasteiger partial charge in [-0.15, -0.1) is 0 Å². The Kier molecular flexibility index (Phi) is 1.39. The topological polar surface area (TPSA) is 29.4 Å². The summed E-state index contributed by atoms with van der Waals surface area (Å²) < 4.78 is -0.302. The average molecular weight is 143 g/mol. The summed E-state index contributed by atoms with van der Waals surface area (Å²) in [7, 11) is 0. The summed E-state index contributed by atoms with van der Waals surface area (Å²) in [6.45, 7) is 5.64. The minimum absolute atomic E-state index is 0.00926. The monoisotopic (exact) mass is 143 g/mol. The summed E-state index contributed by atoms with van der Waals surface area (Å²) in [5.41, 5.74) is 0. The molecule has 0 N–H and O–H groups in total. The Morgan fingerprint density at radius 2 is 2.11 bits per heavy atom. The standard InChI is InChI=1S/C6H9NOS/c1-4-7-5(8)6(2,3)9-4/h1-3H3. The zero-order valence-electron chi connectivity index (χ0n) is 5.76. The minimum Gasteiger partial charge on any atom is -0.271 e. The number of aliphatic imine (C=N–C) groups is 1. The Morgan fingerprint density at radius 1 is 1.56 bits per heavy atom. The number of nitrogens with zero attached hydrogens (tertiary/aromatic N) is 1. The average Bonchev–Trinajstić information content (AvgIpc) is 1.79. The molecule has 1 amide bonds. The second-order valence-corrected chi connectivity index (χ2v) is 4.36. The first-order chi connectivity index (χ1) is 4.02. The lowest BCUT2D eigenvalue weighted by molar-refractivity contribution is -0.119. The van der Waals surface area contributed by atoms with Crippen molar-refractivity contribution in [3.8, 4) is 0 Å². The van der Waals surface area contributed by atoms with Crippen molar-refractivity contribution in [3.05, 3.63) is 0 Å². The van der Waals surface area contributed by atoms with Crippen molar-refractivity contribution in [1.29, 1.82) is 0 Å². The van der Waals surface area contributed by atoms with E-state index in [0.29, 0.717) is 0 Å². The molecule has 0 saturated heterocycles. The van der Waals surface area contributed by atoms with Crippen molar-refractivity contribution < 1.29 is 4.79 Å². The van der Waals surface area contributed by atoms with Gasteiger partial charge in [-0.05, 0) is 20.8 Å². The number of carbonyl (C=O) groups is 1. The highest BCUT2D eigenvalue weighted by Crippen LogP contribution is 2.32. The molecule has 0 unspecified atom stereocenters. The van der Waals surface area contributed by atoms with Crippen LogP contribution in [0, 0.1) is 0 Å². The van der Waals surface area contributed by atoms with Crippen LogP contribution in [0.5, 0.6) is 0 Å². The van der Waals surface area contributed by atoms with E-state index in [-0.39, 0.29) is 10.7 Å². The molecule has 1 rings (SSSR count). The third kappa shape index (κ3) is 1.15. The maximum Gasteiger partial charge on any atom is 0.262 e. The van der Waals surface area contributed by atoms with Gasteiger partial charge in [0.1, 0.15) is 0 Å². The van der Waals surface area contributed by atoms with Gasteiger partial charge >= 0.3 is 0 Å². The highest BCUT2D eigenvalue weighted by Gasteiger charge is 2.34. The minimum atomic E-state index is -0.302. The van der Waals surface area contributed by atoms with E-state index in [0.717, 1.165) is 5.04 Å². The maximum atomic E-state index is 10.9. The zero-order valence-corrected chi connectivity index (χ0v) is 6.58. The van der Waals surface area contributed by atoms with E-state index in [1.165, 1.54) is 11.8 Å². The number of amides is 1. The van der Waals surface area contributed by atoms with Gasteiger partial charge in [0.25, 0.3) is 5.91 Å². The first kappa shape index (κ1) is 6.81. The fourth-order valence-electron chi connectivity index (χ4n) is 0.713. The number of carbonyl (C=O) groups excluding carboxylic acids is 1. The van der Waals surface area contributed by atoms with E-state index in [1.807, 2.05) is 20.8 Å². The van der Waals surface area contributed by atoms with Gasteiger partial charge in [0, 0.05) is 0 Å². The summed E-state index contributed by atoms with van der Waals surface area (Å²) in [6, 6.07) is 0. The van der Waals surface area contributed by atoms with Gasteiger partial charge in [0.15, 0.2) is 0 Å². The third-order valence-electron chi connectivity index (χ3n) is 1.18. The van der Waals surface area contributed by atoms with Crippen LogP contribution in [0.3, 0.4) is 0 Å². The molecule has 50 valence electrons. The zero-order chi connectivity index (χ0) is 7.07. The fourth-order valence-corrected chi connectivity index (χ4v) is 1.71. The molecule has 2 nitrogen and oxygen atoms in total. The molecule has 9 heavy (non-hydrogen) atoms. The van der Waals surface area contributed by atoms with Crippen molar-refractivity contribution in [2.24, 2.45) is 4.99 Å². The van der Waals surface area contributed by atoms with Crippen LogP contribution >= 0.6 is 11.8 Å². The molecule has 0 saturated carbocycles. The highest BCUT2D eigenvalue weighted by molar-refractivity contribution is 8.16. The largest absolute Gasteiger partial charge is 0.271 e. The molecule has 0 aliphatic carbocycles. The maximum absolute atomic E-state index is 10.9. The summed E-state index contributed by atoms with van der Waals surface area (Å²) in [5.74, 6) is -0.00926. The van der Waals surface area contributed by atoms with Crippen molar-refractivity contribution >= 4 is 22.7 Å². The first-order valence-corrected chi connectivity index (χ1v) is 3.63. The Hall–Kier alpha value is -0.310. The molecular formula is C6H9NOS. The van der Waals surface area contributed by atoms with E-state index in [9.17, 15) is 4.79 Å². The lowest BCUT2D eigenvalue weighted by Gasteiger charge is -2.10. The summed E-state index contributed by atoms with van der Waals surface area (Å²) >= 11 is 1.53. The molecule has 0 spiro atoms. The Balaban J connectivity index is 2.84.